The Bertz CT molecular complexity index is 171. The third kappa shape index (κ3) is 4.13. The van der Waals surface area contributed by atoms with E-state index in [0.29, 0.717) is 19.1 Å². The van der Waals surface area contributed by atoms with E-state index in [-0.39, 0.29) is 5.97 Å². The normalized spacial score (nSPS) is 21.2. The number of hydrogen-bond donors (Lipinski definition) is 0. The summed E-state index contributed by atoms with van der Waals surface area (Å²) in [6.45, 7) is 3.11. The highest BCUT2D eigenvalue weighted by atomic mass is 16.6. The summed E-state index contributed by atoms with van der Waals surface area (Å²) >= 11 is 0. The quantitative estimate of drug-likeness (QED) is 0.354. The molecular formula is C9H14O3. The van der Waals surface area contributed by atoms with Gasteiger partial charge in [0.2, 0.25) is 0 Å². The fourth-order valence-corrected chi connectivity index (χ4v) is 0.849. The van der Waals surface area contributed by atoms with Gasteiger partial charge in [0.05, 0.1) is 19.3 Å². The topological polar surface area (TPSA) is 38.8 Å². The van der Waals surface area contributed by atoms with Crippen LogP contribution in [0, 0.1) is 0 Å². The molecule has 1 heterocycles. The fourth-order valence-electron chi connectivity index (χ4n) is 0.849. The second-order valence-corrected chi connectivity index (χ2v) is 2.64. The van der Waals surface area contributed by atoms with Crippen molar-refractivity contribution in [3.63, 3.8) is 0 Å². The summed E-state index contributed by atoms with van der Waals surface area (Å²) < 4.78 is 9.72. The van der Waals surface area contributed by atoms with Crippen molar-refractivity contribution >= 4 is 5.97 Å². The smallest absolute Gasteiger partial charge is 0.306 e. The van der Waals surface area contributed by atoms with E-state index >= 15 is 0 Å². The Labute approximate surface area is 72.4 Å². The third-order valence-corrected chi connectivity index (χ3v) is 1.53. The Balaban J connectivity index is 1.96. The van der Waals surface area contributed by atoms with Crippen LogP contribution in [-0.2, 0) is 14.3 Å². The van der Waals surface area contributed by atoms with Gasteiger partial charge in [-0.2, -0.15) is 0 Å². The lowest BCUT2D eigenvalue weighted by Crippen LogP contribution is -2.02. The van der Waals surface area contributed by atoms with Gasteiger partial charge in [0, 0.05) is 6.42 Å². The van der Waals surface area contributed by atoms with Crippen molar-refractivity contribution in [1.82, 2.24) is 0 Å². The van der Waals surface area contributed by atoms with Crippen LogP contribution in [0.2, 0.25) is 0 Å². The minimum Gasteiger partial charge on any atom is -0.466 e. The van der Waals surface area contributed by atoms with Gasteiger partial charge in [-0.3, -0.25) is 4.79 Å². The predicted octanol–water partition coefficient (Wildman–Crippen LogP) is 1.28. The predicted molar refractivity (Wildman–Crippen MR) is 44.7 cm³/mol. The summed E-state index contributed by atoms with van der Waals surface area (Å²) in [6, 6.07) is 0. The van der Waals surface area contributed by atoms with Gasteiger partial charge in [-0.05, 0) is 13.3 Å². The van der Waals surface area contributed by atoms with Crippen LogP contribution < -0.4 is 0 Å². The minimum absolute atomic E-state index is 0.126. The number of epoxide rings is 1. The van der Waals surface area contributed by atoms with Gasteiger partial charge in [0.15, 0.2) is 0 Å². The summed E-state index contributed by atoms with van der Waals surface area (Å²) in [5.41, 5.74) is 0. The maximum Gasteiger partial charge on any atom is 0.306 e. The average molecular weight is 170 g/mol. The first kappa shape index (κ1) is 9.26. The van der Waals surface area contributed by atoms with Gasteiger partial charge in [-0.25, -0.2) is 0 Å². The van der Waals surface area contributed by atoms with Crippen molar-refractivity contribution in [3.05, 3.63) is 12.2 Å². The monoisotopic (exact) mass is 170 g/mol. The van der Waals surface area contributed by atoms with Crippen LogP contribution in [0.3, 0.4) is 0 Å². The van der Waals surface area contributed by atoms with Crippen molar-refractivity contribution in [2.24, 2.45) is 0 Å². The molecule has 0 N–H and O–H groups in total. The SMILES string of the molecule is CCOC(=O)CC/C=C/C1CO1. The molecule has 0 radical (unpaired) electrons. The molecular weight excluding hydrogens is 156 g/mol. The van der Waals surface area contributed by atoms with Crippen molar-refractivity contribution in [1.29, 1.82) is 0 Å². The molecule has 0 aromatic rings. The van der Waals surface area contributed by atoms with E-state index in [4.69, 9.17) is 9.47 Å². The molecule has 0 aromatic carbocycles. The highest BCUT2D eigenvalue weighted by Crippen LogP contribution is 2.10. The van der Waals surface area contributed by atoms with Gasteiger partial charge < -0.3 is 9.47 Å². The highest BCUT2D eigenvalue weighted by molar-refractivity contribution is 5.69. The number of carbonyl (C=O) groups excluding carboxylic acids is 1. The molecule has 1 aliphatic rings. The van der Waals surface area contributed by atoms with E-state index in [0.717, 1.165) is 13.0 Å². The number of ether oxygens (including phenoxy) is 2. The molecule has 1 unspecified atom stereocenters. The largest absolute Gasteiger partial charge is 0.466 e. The van der Waals surface area contributed by atoms with Gasteiger partial charge in [0.25, 0.3) is 0 Å². The zero-order valence-electron chi connectivity index (χ0n) is 7.29. The minimum atomic E-state index is -0.126. The molecule has 1 saturated heterocycles. The third-order valence-electron chi connectivity index (χ3n) is 1.53. The summed E-state index contributed by atoms with van der Waals surface area (Å²) in [5, 5.41) is 0. The maximum atomic E-state index is 10.8. The molecule has 0 saturated carbocycles. The molecule has 0 aliphatic carbocycles. The van der Waals surface area contributed by atoms with E-state index in [9.17, 15) is 4.79 Å². The Morgan fingerprint density at radius 1 is 1.75 bits per heavy atom. The van der Waals surface area contributed by atoms with Crippen molar-refractivity contribution in [2.45, 2.75) is 25.9 Å². The summed E-state index contributed by atoms with van der Waals surface area (Å²) in [5.74, 6) is -0.126. The zero-order chi connectivity index (χ0) is 8.81. The molecule has 1 fully saturated rings. The van der Waals surface area contributed by atoms with E-state index < -0.39 is 0 Å². The number of rotatable bonds is 5. The first-order valence-corrected chi connectivity index (χ1v) is 4.27. The second kappa shape index (κ2) is 4.93. The molecule has 0 spiro atoms. The fraction of sp³-hybridized carbons (Fsp3) is 0.667. The van der Waals surface area contributed by atoms with Crippen LogP contribution in [-0.4, -0.2) is 25.3 Å². The molecule has 3 nitrogen and oxygen atoms in total. The van der Waals surface area contributed by atoms with Crippen molar-refractivity contribution in [3.8, 4) is 0 Å². The van der Waals surface area contributed by atoms with Crippen molar-refractivity contribution in [2.75, 3.05) is 13.2 Å². The van der Waals surface area contributed by atoms with Gasteiger partial charge in [0.1, 0.15) is 0 Å². The van der Waals surface area contributed by atoms with Crippen LogP contribution in [0.25, 0.3) is 0 Å². The lowest BCUT2D eigenvalue weighted by atomic mass is 10.3. The van der Waals surface area contributed by atoms with E-state index in [2.05, 4.69) is 0 Å². The van der Waals surface area contributed by atoms with Crippen LogP contribution in [0.5, 0.6) is 0 Å². The lowest BCUT2D eigenvalue weighted by Gasteiger charge is -1.97. The first-order chi connectivity index (χ1) is 5.83. The average Bonchev–Trinajstić information content (AvgIpc) is 2.82. The molecule has 0 aromatic heterocycles. The zero-order valence-corrected chi connectivity index (χ0v) is 7.29. The van der Waals surface area contributed by atoms with E-state index in [1.165, 1.54) is 0 Å². The molecule has 12 heavy (non-hydrogen) atoms. The van der Waals surface area contributed by atoms with Gasteiger partial charge in [-0.1, -0.05) is 12.2 Å². The summed E-state index contributed by atoms with van der Waals surface area (Å²) in [6.07, 6.45) is 5.48. The number of hydrogen-bond acceptors (Lipinski definition) is 3. The lowest BCUT2D eigenvalue weighted by molar-refractivity contribution is -0.142. The van der Waals surface area contributed by atoms with Crippen LogP contribution >= 0.6 is 0 Å². The highest BCUT2D eigenvalue weighted by Gasteiger charge is 2.17. The Morgan fingerprint density at radius 3 is 3.08 bits per heavy atom. The summed E-state index contributed by atoms with van der Waals surface area (Å²) in [4.78, 5) is 10.8. The molecule has 1 rings (SSSR count). The van der Waals surface area contributed by atoms with Gasteiger partial charge in [-0.15, -0.1) is 0 Å². The standard InChI is InChI=1S/C9H14O3/c1-2-11-9(10)6-4-3-5-8-7-12-8/h3,5,8H,2,4,6-7H2,1H3/b5-3+. The van der Waals surface area contributed by atoms with Gasteiger partial charge >= 0.3 is 5.97 Å². The van der Waals surface area contributed by atoms with E-state index in [1.54, 1.807) is 0 Å². The first-order valence-electron chi connectivity index (χ1n) is 4.27. The molecule has 0 bridgehead atoms. The number of esters is 1. The van der Waals surface area contributed by atoms with Crippen molar-refractivity contribution < 1.29 is 14.3 Å². The molecule has 0 amide bonds. The Kier molecular flexibility index (Phi) is 3.80. The number of allylic oxidation sites excluding steroid dienone is 1. The second-order valence-electron chi connectivity index (χ2n) is 2.64. The molecule has 1 aliphatic heterocycles. The Morgan fingerprint density at radius 2 is 2.50 bits per heavy atom. The van der Waals surface area contributed by atoms with Crippen LogP contribution in [0.4, 0.5) is 0 Å². The Hall–Kier alpha value is -0.830. The van der Waals surface area contributed by atoms with Crippen LogP contribution in [0.15, 0.2) is 12.2 Å². The number of carbonyl (C=O) groups is 1. The van der Waals surface area contributed by atoms with E-state index in [1.807, 2.05) is 19.1 Å². The molecule has 1 atom stereocenters. The maximum absolute atomic E-state index is 10.8. The molecule has 3 heteroatoms. The molecule has 68 valence electrons. The summed E-state index contributed by atoms with van der Waals surface area (Å²) in [7, 11) is 0. The van der Waals surface area contributed by atoms with Crippen LogP contribution in [0.1, 0.15) is 19.8 Å².